The summed E-state index contributed by atoms with van der Waals surface area (Å²) < 4.78 is 0. The van der Waals surface area contributed by atoms with Gasteiger partial charge in [0.2, 0.25) is 0 Å². The lowest BCUT2D eigenvalue weighted by Crippen LogP contribution is -2.22. The van der Waals surface area contributed by atoms with Gasteiger partial charge in [-0.1, -0.05) is 55.5 Å². The van der Waals surface area contributed by atoms with Gasteiger partial charge < -0.3 is 5.32 Å². The Morgan fingerprint density at radius 2 is 1.82 bits per heavy atom. The molecule has 0 unspecified atom stereocenters. The van der Waals surface area contributed by atoms with Gasteiger partial charge in [-0.15, -0.1) is 6.58 Å². The molecule has 1 aromatic carbocycles. The molecule has 0 saturated heterocycles. The summed E-state index contributed by atoms with van der Waals surface area (Å²) in [6.07, 6.45) is 1.05. The van der Waals surface area contributed by atoms with Crippen LogP contribution < -0.4 is 5.32 Å². The number of nitrogens with one attached hydrogen (secondary N) is 1. The van der Waals surface area contributed by atoms with Crippen molar-refractivity contribution in [1.29, 1.82) is 0 Å². The Balaban J connectivity index is 2.62. The van der Waals surface area contributed by atoms with Gasteiger partial charge in [0.1, 0.15) is 0 Å². The van der Waals surface area contributed by atoms with E-state index in [0.29, 0.717) is 6.04 Å². The second-order valence-corrected chi connectivity index (χ2v) is 11.4. The third kappa shape index (κ3) is 5.33. The largest absolute Gasteiger partial charge is 0.313 e. The van der Waals surface area contributed by atoms with Crippen LogP contribution in [0.5, 0.6) is 0 Å². The zero-order chi connectivity index (χ0) is 12.9. The molecule has 17 heavy (non-hydrogen) atoms. The molecule has 1 aromatic rings. The Morgan fingerprint density at radius 1 is 1.24 bits per heavy atom. The lowest BCUT2D eigenvalue weighted by Gasteiger charge is -2.22. The van der Waals surface area contributed by atoms with Crippen molar-refractivity contribution in [2.24, 2.45) is 0 Å². The van der Waals surface area contributed by atoms with E-state index < -0.39 is 8.07 Å². The Bertz CT molecular complexity index is 351. The fourth-order valence-electron chi connectivity index (χ4n) is 2.18. The Labute approximate surface area is 107 Å². The standard InChI is InChI=1S/C15H25NSi/c1-13(12-17(3,4)5)11-15(16-2)14-9-7-6-8-10-14/h6-10,15-16H,1,11-12H2,2-5H3/t15-/m1/s1. The van der Waals surface area contributed by atoms with E-state index in [1.54, 1.807) is 0 Å². The molecule has 2 heteroatoms. The summed E-state index contributed by atoms with van der Waals surface area (Å²) >= 11 is 0. The van der Waals surface area contributed by atoms with E-state index in [1.807, 2.05) is 7.05 Å². The molecule has 0 spiro atoms. The highest BCUT2D eigenvalue weighted by Crippen LogP contribution is 2.25. The maximum Gasteiger partial charge on any atom is 0.0483 e. The van der Waals surface area contributed by atoms with Crippen LogP contribution in [0.25, 0.3) is 0 Å². The summed E-state index contributed by atoms with van der Waals surface area (Å²) in [6.45, 7) is 11.4. The second-order valence-electron chi connectivity index (χ2n) is 5.94. The minimum absolute atomic E-state index is 0.403. The van der Waals surface area contributed by atoms with E-state index in [0.717, 1.165) is 6.42 Å². The average Bonchev–Trinajstić information content (AvgIpc) is 2.24. The van der Waals surface area contributed by atoms with Crippen LogP contribution in [0.2, 0.25) is 25.7 Å². The van der Waals surface area contributed by atoms with Gasteiger partial charge in [-0.05, 0) is 25.1 Å². The van der Waals surface area contributed by atoms with E-state index in [-0.39, 0.29) is 0 Å². The van der Waals surface area contributed by atoms with Crippen molar-refractivity contribution in [3.05, 3.63) is 48.0 Å². The molecular weight excluding hydrogens is 222 g/mol. The van der Waals surface area contributed by atoms with Crippen LogP contribution in [0.4, 0.5) is 0 Å². The molecule has 0 fully saturated rings. The monoisotopic (exact) mass is 247 g/mol. The highest BCUT2D eigenvalue weighted by Gasteiger charge is 2.17. The summed E-state index contributed by atoms with van der Waals surface area (Å²) in [5.41, 5.74) is 2.74. The molecule has 1 rings (SSSR count). The van der Waals surface area contributed by atoms with Gasteiger partial charge in [-0.3, -0.25) is 0 Å². The SMILES string of the molecule is C=C(C[C@@H](NC)c1ccccc1)C[Si](C)(C)C. The quantitative estimate of drug-likeness (QED) is 0.586. The molecule has 1 atom stereocenters. The topological polar surface area (TPSA) is 12.0 Å². The first-order valence-electron chi connectivity index (χ1n) is 6.31. The van der Waals surface area contributed by atoms with E-state index >= 15 is 0 Å². The van der Waals surface area contributed by atoms with Gasteiger partial charge in [0.15, 0.2) is 0 Å². The molecule has 0 bridgehead atoms. The van der Waals surface area contributed by atoms with Gasteiger partial charge in [-0.25, -0.2) is 0 Å². The van der Waals surface area contributed by atoms with E-state index in [4.69, 9.17) is 0 Å². The fourth-order valence-corrected chi connectivity index (χ4v) is 3.83. The van der Waals surface area contributed by atoms with Crippen molar-refractivity contribution in [2.75, 3.05) is 7.05 Å². The number of hydrogen-bond donors (Lipinski definition) is 1. The van der Waals surface area contributed by atoms with Crippen molar-refractivity contribution >= 4 is 8.07 Å². The number of hydrogen-bond acceptors (Lipinski definition) is 1. The molecule has 0 radical (unpaired) electrons. The van der Waals surface area contributed by atoms with Gasteiger partial charge in [0.25, 0.3) is 0 Å². The molecule has 0 aliphatic rings. The molecule has 0 heterocycles. The Kier molecular flexibility index (Phi) is 5.16. The highest BCUT2D eigenvalue weighted by atomic mass is 28.3. The summed E-state index contributed by atoms with van der Waals surface area (Å²) in [4.78, 5) is 0. The predicted octanol–water partition coefficient (Wildman–Crippen LogP) is 4.23. The van der Waals surface area contributed by atoms with Crippen molar-refractivity contribution in [3.8, 4) is 0 Å². The lowest BCUT2D eigenvalue weighted by molar-refractivity contribution is 0.589. The zero-order valence-electron chi connectivity index (χ0n) is 11.6. The molecule has 0 aromatic heterocycles. The van der Waals surface area contributed by atoms with Crippen LogP contribution in [0, 0.1) is 0 Å². The first kappa shape index (κ1) is 14.2. The average molecular weight is 247 g/mol. The summed E-state index contributed by atoms with van der Waals surface area (Å²) in [7, 11) is 0.999. The first-order valence-corrected chi connectivity index (χ1v) is 10.0. The van der Waals surface area contributed by atoms with Crippen molar-refractivity contribution in [2.45, 2.75) is 38.1 Å². The Hall–Kier alpha value is -0.863. The van der Waals surface area contributed by atoms with E-state index in [2.05, 4.69) is 61.9 Å². The van der Waals surface area contributed by atoms with Gasteiger partial charge in [-0.2, -0.15) is 0 Å². The van der Waals surface area contributed by atoms with Crippen LogP contribution in [-0.4, -0.2) is 15.1 Å². The first-order chi connectivity index (χ1) is 7.92. The van der Waals surface area contributed by atoms with Crippen molar-refractivity contribution < 1.29 is 0 Å². The molecule has 0 saturated carbocycles. The zero-order valence-corrected chi connectivity index (χ0v) is 12.6. The molecule has 0 aliphatic carbocycles. The van der Waals surface area contributed by atoms with Crippen molar-refractivity contribution in [1.82, 2.24) is 5.32 Å². The molecule has 1 N–H and O–H groups in total. The molecule has 0 aliphatic heterocycles. The maximum absolute atomic E-state index is 4.25. The summed E-state index contributed by atoms with van der Waals surface area (Å²) in [6, 6.07) is 12.2. The molecule has 1 nitrogen and oxygen atoms in total. The third-order valence-corrected chi connectivity index (χ3v) is 4.38. The third-order valence-electron chi connectivity index (χ3n) is 2.82. The predicted molar refractivity (Wildman–Crippen MR) is 80.2 cm³/mol. The smallest absolute Gasteiger partial charge is 0.0483 e. The van der Waals surface area contributed by atoms with Crippen LogP contribution in [0.15, 0.2) is 42.5 Å². The van der Waals surface area contributed by atoms with Crippen LogP contribution >= 0.6 is 0 Å². The lowest BCUT2D eigenvalue weighted by atomic mass is 10.0. The van der Waals surface area contributed by atoms with Crippen LogP contribution in [0.1, 0.15) is 18.0 Å². The minimum Gasteiger partial charge on any atom is -0.313 e. The number of benzene rings is 1. The molecule has 0 amide bonds. The van der Waals surface area contributed by atoms with Crippen LogP contribution in [-0.2, 0) is 0 Å². The number of rotatable bonds is 6. The van der Waals surface area contributed by atoms with Crippen molar-refractivity contribution in [3.63, 3.8) is 0 Å². The summed E-state index contributed by atoms with van der Waals surface area (Å²) in [5, 5.41) is 3.39. The van der Waals surface area contributed by atoms with Crippen LogP contribution in [0.3, 0.4) is 0 Å². The van der Waals surface area contributed by atoms with Gasteiger partial charge >= 0.3 is 0 Å². The minimum atomic E-state index is -1.03. The second kappa shape index (κ2) is 6.17. The van der Waals surface area contributed by atoms with Gasteiger partial charge in [0.05, 0.1) is 0 Å². The van der Waals surface area contributed by atoms with E-state index in [1.165, 1.54) is 17.2 Å². The molecule has 94 valence electrons. The fraction of sp³-hybridized carbons (Fsp3) is 0.467. The summed E-state index contributed by atoms with van der Waals surface area (Å²) in [5.74, 6) is 0. The Morgan fingerprint density at radius 3 is 2.29 bits per heavy atom. The normalized spacial score (nSPS) is 13.4. The van der Waals surface area contributed by atoms with E-state index in [9.17, 15) is 0 Å². The maximum atomic E-state index is 4.25. The van der Waals surface area contributed by atoms with Gasteiger partial charge in [0, 0.05) is 14.1 Å². The highest BCUT2D eigenvalue weighted by molar-refractivity contribution is 6.76. The molecular formula is C15H25NSi.